The fraction of sp³-hybridized carbons (Fsp3) is 0.889. The van der Waals surface area contributed by atoms with Crippen molar-refractivity contribution < 1.29 is 4.79 Å². The van der Waals surface area contributed by atoms with Crippen LogP contribution in [0.4, 0.5) is 0 Å². The molecule has 0 aromatic heterocycles. The second-order valence-electron chi connectivity index (χ2n) is 3.25. The highest BCUT2D eigenvalue weighted by atomic mass is 16.1. The van der Waals surface area contributed by atoms with Crippen LogP contribution in [-0.2, 0) is 4.79 Å². The highest BCUT2D eigenvalue weighted by molar-refractivity contribution is 5.79. The van der Waals surface area contributed by atoms with Crippen LogP contribution in [0, 0.1) is 0 Å². The summed E-state index contributed by atoms with van der Waals surface area (Å²) in [5.74, 6) is 0.402. The van der Waals surface area contributed by atoms with Gasteiger partial charge in [0, 0.05) is 25.9 Å². The normalized spacial score (nSPS) is 23.2. The second-order valence-corrected chi connectivity index (χ2v) is 3.25. The predicted octanol–water partition coefficient (Wildman–Crippen LogP) is 0.309. The van der Waals surface area contributed by atoms with Crippen LogP contribution < -0.4 is 10.6 Å². The Morgan fingerprint density at radius 3 is 1.58 bits per heavy atom. The fourth-order valence-electron chi connectivity index (χ4n) is 1.33. The van der Waals surface area contributed by atoms with Gasteiger partial charge in [-0.15, -0.1) is 0 Å². The molecule has 2 heterocycles. The maximum Gasteiger partial charge on any atom is 0.135 e. The van der Waals surface area contributed by atoms with Gasteiger partial charge in [0.1, 0.15) is 5.78 Å². The third-order valence-electron chi connectivity index (χ3n) is 2.12. The van der Waals surface area contributed by atoms with E-state index in [1.165, 1.54) is 25.9 Å². The molecule has 2 aliphatic heterocycles. The Morgan fingerprint density at radius 1 is 0.833 bits per heavy atom. The van der Waals surface area contributed by atoms with Gasteiger partial charge in [-0.2, -0.15) is 0 Å². The zero-order valence-electron chi connectivity index (χ0n) is 7.57. The molecule has 0 bridgehead atoms. The van der Waals surface area contributed by atoms with Crippen molar-refractivity contribution in [2.24, 2.45) is 0 Å². The van der Waals surface area contributed by atoms with E-state index in [2.05, 4.69) is 10.6 Å². The van der Waals surface area contributed by atoms with E-state index in [4.69, 9.17) is 0 Å². The number of ketones is 1. The molecule has 70 valence electrons. The van der Waals surface area contributed by atoms with Crippen LogP contribution >= 0.6 is 0 Å². The summed E-state index contributed by atoms with van der Waals surface area (Å²) < 4.78 is 0. The minimum absolute atomic E-state index is 0.402. The third kappa shape index (κ3) is 4.46. The molecule has 0 radical (unpaired) electrons. The van der Waals surface area contributed by atoms with Gasteiger partial charge in [0.05, 0.1) is 0 Å². The molecule has 2 saturated heterocycles. The van der Waals surface area contributed by atoms with Crippen molar-refractivity contribution in [1.29, 1.82) is 0 Å². The van der Waals surface area contributed by atoms with Crippen molar-refractivity contribution >= 4 is 5.78 Å². The van der Waals surface area contributed by atoms with E-state index in [1.54, 1.807) is 0 Å². The van der Waals surface area contributed by atoms with E-state index in [1.807, 2.05) is 0 Å². The number of hydrogen-bond acceptors (Lipinski definition) is 3. The molecule has 0 aromatic carbocycles. The average Bonchev–Trinajstić information content (AvgIpc) is 2.62. The lowest BCUT2D eigenvalue weighted by Crippen LogP contribution is -2.27. The molecular weight excluding hydrogens is 152 g/mol. The lowest BCUT2D eigenvalue weighted by molar-refractivity contribution is -0.119. The molecule has 3 nitrogen and oxygen atoms in total. The van der Waals surface area contributed by atoms with Crippen molar-refractivity contribution in [1.82, 2.24) is 10.6 Å². The van der Waals surface area contributed by atoms with Crippen LogP contribution in [0.1, 0.15) is 25.7 Å². The zero-order valence-corrected chi connectivity index (χ0v) is 7.57. The zero-order chi connectivity index (χ0) is 8.65. The number of carbonyl (C=O) groups excluding carboxylic acids is 1. The van der Waals surface area contributed by atoms with E-state index in [-0.39, 0.29) is 0 Å². The van der Waals surface area contributed by atoms with Gasteiger partial charge < -0.3 is 10.6 Å². The van der Waals surface area contributed by atoms with E-state index in [0.29, 0.717) is 5.78 Å². The van der Waals surface area contributed by atoms with E-state index in [0.717, 1.165) is 25.9 Å². The lowest BCUT2D eigenvalue weighted by atomic mass is 10.1. The number of carbonyl (C=O) groups is 1. The first kappa shape index (κ1) is 9.68. The van der Waals surface area contributed by atoms with Crippen molar-refractivity contribution in [3.63, 3.8) is 0 Å². The van der Waals surface area contributed by atoms with Gasteiger partial charge in [0.15, 0.2) is 0 Å². The monoisotopic (exact) mass is 170 g/mol. The Kier molecular flexibility index (Phi) is 4.95. The Labute approximate surface area is 73.9 Å². The Bertz CT molecular complexity index is 117. The molecule has 2 N–H and O–H groups in total. The first-order chi connectivity index (χ1) is 5.89. The van der Waals surface area contributed by atoms with Gasteiger partial charge in [-0.3, -0.25) is 4.79 Å². The molecule has 0 aromatic rings. The Hall–Kier alpha value is -0.410. The molecule has 12 heavy (non-hydrogen) atoms. The van der Waals surface area contributed by atoms with Crippen LogP contribution in [-0.4, -0.2) is 32.0 Å². The molecule has 0 amide bonds. The summed E-state index contributed by atoms with van der Waals surface area (Å²) in [6, 6.07) is 0. The maximum atomic E-state index is 10.4. The van der Waals surface area contributed by atoms with Crippen molar-refractivity contribution in [3.8, 4) is 0 Å². The first-order valence-electron chi connectivity index (χ1n) is 4.83. The van der Waals surface area contributed by atoms with Crippen LogP contribution in [0.15, 0.2) is 0 Å². The van der Waals surface area contributed by atoms with Gasteiger partial charge in [-0.25, -0.2) is 0 Å². The number of Topliss-reactive ketones (excluding diaryl/α,β-unsaturated/α-hetero) is 1. The molecule has 0 aliphatic carbocycles. The highest BCUT2D eigenvalue weighted by Gasteiger charge is 2.04. The van der Waals surface area contributed by atoms with Crippen LogP contribution in [0.5, 0.6) is 0 Å². The number of nitrogens with one attached hydrogen (secondary N) is 2. The minimum Gasteiger partial charge on any atom is -0.317 e. The highest BCUT2D eigenvalue weighted by Crippen LogP contribution is 1.92. The summed E-state index contributed by atoms with van der Waals surface area (Å²) in [6.45, 7) is 4.28. The van der Waals surface area contributed by atoms with Crippen LogP contribution in [0.2, 0.25) is 0 Å². The second kappa shape index (κ2) is 6.14. The molecule has 2 rings (SSSR count). The smallest absolute Gasteiger partial charge is 0.135 e. The molecule has 0 unspecified atom stereocenters. The molecular formula is C9H18N2O. The lowest BCUT2D eigenvalue weighted by Gasteiger charge is -2.08. The van der Waals surface area contributed by atoms with Gasteiger partial charge in [-0.1, -0.05) is 0 Å². The van der Waals surface area contributed by atoms with Gasteiger partial charge in [0.25, 0.3) is 0 Å². The molecule has 0 saturated carbocycles. The summed E-state index contributed by atoms with van der Waals surface area (Å²) >= 11 is 0. The summed E-state index contributed by atoms with van der Waals surface area (Å²) in [6.07, 6.45) is 4.25. The van der Waals surface area contributed by atoms with E-state index >= 15 is 0 Å². The van der Waals surface area contributed by atoms with E-state index < -0.39 is 0 Å². The van der Waals surface area contributed by atoms with Gasteiger partial charge >= 0.3 is 0 Å². The number of rotatable bonds is 0. The standard InChI is InChI=1S/C5H9NO.C4H9N/c7-5-1-3-6-4-2-5;1-2-4-5-3-1/h6H,1-4H2;5H,1-4H2. The Balaban J connectivity index is 0.000000127. The van der Waals surface area contributed by atoms with Gasteiger partial charge in [-0.05, 0) is 25.9 Å². The third-order valence-corrected chi connectivity index (χ3v) is 2.12. The topological polar surface area (TPSA) is 41.1 Å². The SMILES string of the molecule is C1CCNC1.O=C1CCNCC1. The molecule has 2 fully saturated rings. The molecule has 2 aliphatic rings. The quantitative estimate of drug-likeness (QED) is 0.549. The van der Waals surface area contributed by atoms with Crippen molar-refractivity contribution in [2.75, 3.05) is 26.2 Å². The number of piperidine rings is 1. The summed E-state index contributed by atoms with van der Waals surface area (Å²) in [4.78, 5) is 10.4. The predicted molar refractivity (Wildman–Crippen MR) is 49.2 cm³/mol. The molecule has 0 spiro atoms. The summed E-state index contributed by atoms with van der Waals surface area (Å²) in [5, 5.41) is 6.32. The van der Waals surface area contributed by atoms with E-state index in [9.17, 15) is 4.79 Å². The van der Waals surface area contributed by atoms with Gasteiger partial charge in [0.2, 0.25) is 0 Å². The van der Waals surface area contributed by atoms with Crippen LogP contribution in [0.25, 0.3) is 0 Å². The average molecular weight is 170 g/mol. The summed E-state index contributed by atoms with van der Waals surface area (Å²) in [7, 11) is 0. The fourth-order valence-corrected chi connectivity index (χ4v) is 1.33. The van der Waals surface area contributed by atoms with Crippen molar-refractivity contribution in [2.45, 2.75) is 25.7 Å². The van der Waals surface area contributed by atoms with Crippen molar-refractivity contribution in [3.05, 3.63) is 0 Å². The summed E-state index contributed by atoms with van der Waals surface area (Å²) in [5.41, 5.74) is 0. The molecule has 0 atom stereocenters. The Morgan fingerprint density at radius 2 is 1.33 bits per heavy atom. The van der Waals surface area contributed by atoms with Crippen LogP contribution in [0.3, 0.4) is 0 Å². The number of hydrogen-bond donors (Lipinski definition) is 2. The largest absolute Gasteiger partial charge is 0.317 e. The first-order valence-corrected chi connectivity index (χ1v) is 4.83. The minimum atomic E-state index is 0.402. The maximum absolute atomic E-state index is 10.4. The molecule has 3 heteroatoms.